The van der Waals surface area contributed by atoms with Crippen LogP contribution in [0, 0.1) is 6.92 Å². The molecular weight excluding hydrogens is 249 g/mol. The van der Waals surface area contributed by atoms with Crippen molar-refractivity contribution in [2.24, 2.45) is 0 Å². The van der Waals surface area contributed by atoms with Crippen LogP contribution >= 0.6 is 23.2 Å². The molecule has 0 saturated heterocycles. The van der Waals surface area contributed by atoms with Crippen molar-refractivity contribution >= 4 is 29.2 Å². The van der Waals surface area contributed by atoms with Crippen molar-refractivity contribution in [3.63, 3.8) is 0 Å². The Kier molecular flexibility index (Phi) is 3.81. The number of nitrogens with zero attached hydrogens (tertiary/aromatic N) is 1. The molecule has 16 heavy (non-hydrogen) atoms. The Hall–Kier alpha value is -0.800. The van der Waals surface area contributed by atoms with Gasteiger partial charge in [0.15, 0.2) is 0 Å². The van der Waals surface area contributed by atoms with Crippen LogP contribution < -0.4 is 0 Å². The highest BCUT2D eigenvalue weighted by atomic mass is 35.5. The van der Waals surface area contributed by atoms with Crippen LogP contribution in [0.15, 0.2) is 6.07 Å². The average Bonchev–Trinajstić information content (AvgIpc) is 1.96. The van der Waals surface area contributed by atoms with Crippen molar-refractivity contribution in [1.82, 2.24) is 4.98 Å². The van der Waals surface area contributed by atoms with Crippen molar-refractivity contribution in [2.45, 2.75) is 33.3 Å². The quantitative estimate of drug-likeness (QED) is 0.572. The molecule has 0 N–H and O–H groups in total. The van der Waals surface area contributed by atoms with Gasteiger partial charge >= 0.3 is 5.97 Å². The normalized spacial score (nSPS) is 11.4. The van der Waals surface area contributed by atoms with E-state index >= 15 is 0 Å². The molecule has 0 fully saturated rings. The first-order valence-corrected chi connectivity index (χ1v) is 5.52. The van der Waals surface area contributed by atoms with Crippen LogP contribution in [0.25, 0.3) is 0 Å². The van der Waals surface area contributed by atoms with E-state index in [1.165, 1.54) is 6.07 Å². The molecule has 0 saturated carbocycles. The smallest absolute Gasteiger partial charge is 0.342 e. The zero-order chi connectivity index (χ0) is 12.5. The number of carbonyl (C=O) groups excluding carboxylic acids is 1. The fourth-order valence-electron chi connectivity index (χ4n) is 1.17. The Morgan fingerprint density at radius 1 is 1.38 bits per heavy atom. The van der Waals surface area contributed by atoms with Gasteiger partial charge in [-0.2, -0.15) is 0 Å². The van der Waals surface area contributed by atoms with Crippen molar-refractivity contribution in [3.05, 3.63) is 27.5 Å². The highest BCUT2D eigenvalue weighted by molar-refractivity contribution is 6.36. The molecule has 3 nitrogen and oxygen atoms in total. The molecule has 0 spiro atoms. The number of ether oxygens (including phenoxy) is 1. The number of hydrogen-bond acceptors (Lipinski definition) is 3. The van der Waals surface area contributed by atoms with E-state index in [4.69, 9.17) is 27.9 Å². The van der Waals surface area contributed by atoms with E-state index in [0.717, 1.165) is 0 Å². The van der Waals surface area contributed by atoms with Crippen LogP contribution in [0.2, 0.25) is 10.2 Å². The highest BCUT2D eigenvalue weighted by Gasteiger charge is 2.22. The van der Waals surface area contributed by atoms with Crippen LogP contribution in [0.3, 0.4) is 0 Å². The molecule has 0 radical (unpaired) electrons. The van der Waals surface area contributed by atoms with Crippen LogP contribution in [-0.2, 0) is 4.74 Å². The Labute approximate surface area is 105 Å². The summed E-state index contributed by atoms with van der Waals surface area (Å²) in [6, 6.07) is 1.43. The first-order valence-electron chi connectivity index (χ1n) is 4.76. The largest absolute Gasteiger partial charge is 0.456 e. The minimum atomic E-state index is -0.563. The summed E-state index contributed by atoms with van der Waals surface area (Å²) in [5, 5.41) is 0.515. The van der Waals surface area contributed by atoms with E-state index in [9.17, 15) is 4.79 Å². The van der Waals surface area contributed by atoms with Gasteiger partial charge < -0.3 is 4.74 Å². The second kappa shape index (κ2) is 4.60. The topological polar surface area (TPSA) is 39.2 Å². The summed E-state index contributed by atoms with van der Waals surface area (Å²) in [5.74, 6) is -0.487. The molecule has 0 aliphatic rings. The number of pyridine rings is 1. The summed E-state index contributed by atoms with van der Waals surface area (Å²) in [6.45, 7) is 7.03. The zero-order valence-electron chi connectivity index (χ0n) is 9.60. The van der Waals surface area contributed by atoms with Gasteiger partial charge in [0, 0.05) is 0 Å². The summed E-state index contributed by atoms with van der Waals surface area (Å²) in [7, 11) is 0. The molecular formula is C11H13Cl2NO2. The molecule has 1 heterocycles. The number of halogens is 2. The molecule has 1 rings (SSSR count). The maximum atomic E-state index is 11.8. The Balaban J connectivity index is 3.10. The molecule has 5 heteroatoms. The third kappa shape index (κ3) is 3.35. The third-order valence-electron chi connectivity index (χ3n) is 1.72. The first kappa shape index (κ1) is 13.3. The Bertz CT molecular complexity index is 401. The number of carbonyl (C=O) groups is 1. The van der Waals surface area contributed by atoms with Gasteiger partial charge in [0.25, 0.3) is 0 Å². The van der Waals surface area contributed by atoms with Crippen molar-refractivity contribution < 1.29 is 9.53 Å². The summed E-state index contributed by atoms with van der Waals surface area (Å²) in [6.07, 6.45) is 0. The second-order valence-corrected chi connectivity index (χ2v) is 5.18. The molecule has 0 atom stereocenters. The highest BCUT2D eigenvalue weighted by Crippen LogP contribution is 2.24. The van der Waals surface area contributed by atoms with E-state index in [1.807, 2.05) is 0 Å². The van der Waals surface area contributed by atoms with Crippen LogP contribution in [0.5, 0.6) is 0 Å². The van der Waals surface area contributed by atoms with Crippen LogP contribution in [0.4, 0.5) is 0 Å². The molecule has 88 valence electrons. The van der Waals surface area contributed by atoms with Crippen molar-refractivity contribution in [1.29, 1.82) is 0 Å². The number of rotatable bonds is 1. The van der Waals surface area contributed by atoms with Gasteiger partial charge in [0.2, 0.25) is 0 Å². The average molecular weight is 262 g/mol. The third-order valence-corrected chi connectivity index (χ3v) is 2.22. The van der Waals surface area contributed by atoms with Crippen molar-refractivity contribution in [2.75, 3.05) is 0 Å². The maximum Gasteiger partial charge on any atom is 0.342 e. The van der Waals surface area contributed by atoms with Crippen molar-refractivity contribution in [3.8, 4) is 0 Å². The van der Waals surface area contributed by atoms with E-state index < -0.39 is 11.6 Å². The lowest BCUT2D eigenvalue weighted by Crippen LogP contribution is -2.24. The Morgan fingerprint density at radius 3 is 2.38 bits per heavy atom. The lowest BCUT2D eigenvalue weighted by Gasteiger charge is -2.20. The standard InChI is InChI=1S/C11H13Cl2NO2/c1-6-9(7(12)5-8(13)14-6)10(15)16-11(2,3)4/h5H,1-4H3. The second-order valence-electron chi connectivity index (χ2n) is 4.39. The number of esters is 1. The summed E-state index contributed by atoms with van der Waals surface area (Å²) in [4.78, 5) is 15.8. The summed E-state index contributed by atoms with van der Waals surface area (Å²) < 4.78 is 5.22. The van der Waals surface area contributed by atoms with Gasteiger partial charge in [-0.1, -0.05) is 23.2 Å². The lowest BCUT2D eigenvalue weighted by atomic mass is 10.1. The predicted octanol–water partition coefficient (Wildman–Crippen LogP) is 3.65. The van der Waals surface area contributed by atoms with E-state index in [2.05, 4.69) is 4.98 Å². The fraction of sp³-hybridized carbons (Fsp3) is 0.455. The number of hydrogen-bond donors (Lipinski definition) is 0. The fourth-order valence-corrected chi connectivity index (χ4v) is 1.78. The molecule has 0 aliphatic heterocycles. The van der Waals surface area contributed by atoms with Gasteiger partial charge in [-0.05, 0) is 33.8 Å². The molecule has 0 aliphatic carbocycles. The van der Waals surface area contributed by atoms with E-state index in [1.54, 1.807) is 27.7 Å². The first-order chi connectivity index (χ1) is 7.20. The van der Waals surface area contributed by atoms with Crippen LogP contribution in [0.1, 0.15) is 36.8 Å². The molecule has 1 aromatic rings. The van der Waals surface area contributed by atoms with Gasteiger partial charge in [-0.25, -0.2) is 9.78 Å². The summed E-state index contributed by atoms with van der Waals surface area (Å²) in [5.41, 5.74) is 0.166. The van der Waals surface area contributed by atoms with Crippen LogP contribution in [-0.4, -0.2) is 16.6 Å². The molecule has 0 amide bonds. The van der Waals surface area contributed by atoms with E-state index in [0.29, 0.717) is 5.69 Å². The molecule has 0 bridgehead atoms. The zero-order valence-corrected chi connectivity index (χ0v) is 11.1. The van der Waals surface area contributed by atoms with Gasteiger partial charge in [0.1, 0.15) is 10.8 Å². The minimum absolute atomic E-state index is 0.256. The monoisotopic (exact) mass is 261 g/mol. The number of aryl methyl sites for hydroxylation is 1. The predicted molar refractivity (Wildman–Crippen MR) is 64.2 cm³/mol. The van der Waals surface area contributed by atoms with E-state index in [-0.39, 0.29) is 15.7 Å². The SMILES string of the molecule is Cc1nc(Cl)cc(Cl)c1C(=O)OC(C)(C)C. The van der Waals surface area contributed by atoms with Gasteiger partial charge in [0.05, 0.1) is 16.3 Å². The number of aromatic nitrogens is 1. The maximum absolute atomic E-state index is 11.8. The summed E-state index contributed by atoms with van der Waals surface area (Å²) >= 11 is 11.6. The van der Waals surface area contributed by atoms with Gasteiger partial charge in [-0.15, -0.1) is 0 Å². The lowest BCUT2D eigenvalue weighted by molar-refractivity contribution is 0.00685. The molecule has 0 unspecified atom stereocenters. The minimum Gasteiger partial charge on any atom is -0.456 e. The van der Waals surface area contributed by atoms with Gasteiger partial charge in [-0.3, -0.25) is 0 Å². The molecule has 1 aromatic heterocycles. The molecule has 0 aromatic carbocycles. The Morgan fingerprint density at radius 2 is 1.94 bits per heavy atom.